The second kappa shape index (κ2) is 6.14. The fourth-order valence-electron chi connectivity index (χ4n) is 1.63. The molecule has 102 valence electrons. The molecule has 18 heavy (non-hydrogen) atoms. The van der Waals surface area contributed by atoms with Gasteiger partial charge in [0, 0.05) is 25.4 Å². The van der Waals surface area contributed by atoms with Crippen molar-refractivity contribution in [2.75, 3.05) is 19.0 Å². The van der Waals surface area contributed by atoms with Gasteiger partial charge in [-0.15, -0.1) is 0 Å². The van der Waals surface area contributed by atoms with Crippen LogP contribution in [0.1, 0.15) is 51.4 Å². The predicted molar refractivity (Wildman–Crippen MR) is 75.1 cm³/mol. The Morgan fingerprint density at radius 1 is 1.39 bits per heavy atom. The molecule has 4 heteroatoms. The first-order valence-corrected chi connectivity index (χ1v) is 6.48. The van der Waals surface area contributed by atoms with Crippen LogP contribution in [0, 0.1) is 6.92 Å². The highest BCUT2D eigenvalue weighted by Gasteiger charge is 2.16. The Morgan fingerprint density at radius 3 is 2.61 bits per heavy atom. The third-order valence-corrected chi connectivity index (χ3v) is 3.13. The van der Waals surface area contributed by atoms with Crippen LogP contribution < -0.4 is 5.32 Å². The zero-order chi connectivity index (χ0) is 13.8. The monoisotopic (exact) mass is 251 g/mol. The van der Waals surface area contributed by atoms with E-state index in [1.165, 1.54) is 0 Å². The largest absolute Gasteiger partial charge is 0.379 e. The molecule has 0 unspecified atom stereocenters. The van der Waals surface area contributed by atoms with Crippen molar-refractivity contribution >= 4 is 5.82 Å². The van der Waals surface area contributed by atoms with E-state index in [-0.39, 0.29) is 5.60 Å². The van der Waals surface area contributed by atoms with Gasteiger partial charge in [-0.3, -0.25) is 0 Å². The van der Waals surface area contributed by atoms with Crippen molar-refractivity contribution in [2.24, 2.45) is 0 Å². The van der Waals surface area contributed by atoms with E-state index in [0.717, 1.165) is 30.2 Å². The van der Waals surface area contributed by atoms with Crippen molar-refractivity contribution < 1.29 is 4.74 Å². The lowest BCUT2D eigenvalue weighted by atomic mass is 10.0. The van der Waals surface area contributed by atoms with Crippen LogP contribution in [0.2, 0.25) is 0 Å². The minimum atomic E-state index is -0.104. The molecule has 1 rings (SSSR count). The lowest BCUT2D eigenvalue weighted by Crippen LogP contribution is -2.26. The normalized spacial score (nSPS) is 11.9. The number of ether oxygens (including phenoxy) is 1. The second-order valence-corrected chi connectivity index (χ2v) is 5.52. The average Bonchev–Trinajstić information content (AvgIpc) is 2.28. The molecule has 1 aromatic rings. The van der Waals surface area contributed by atoms with Crippen LogP contribution >= 0.6 is 0 Å². The van der Waals surface area contributed by atoms with Crippen LogP contribution in [0.15, 0.2) is 6.20 Å². The number of hydrogen-bond acceptors (Lipinski definition) is 4. The molecule has 0 spiro atoms. The van der Waals surface area contributed by atoms with Crippen LogP contribution in [0.4, 0.5) is 5.82 Å². The maximum atomic E-state index is 5.40. The van der Waals surface area contributed by atoms with Gasteiger partial charge in [-0.05, 0) is 33.1 Å². The van der Waals surface area contributed by atoms with E-state index >= 15 is 0 Å². The first-order chi connectivity index (χ1) is 8.35. The van der Waals surface area contributed by atoms with E-state index in [0.29, 0.717) is 5.92 Å². The van der Waals surface area contributed by atoms with Crippen LogP contribution in [-0.2, 0) is 4.74 Å². The SMILES string of the molecule is COC(C)(C)CCNc1nc(C)ncc1C(C)C. The van der Waals surface area contributed by atoms with Gasteiger partial charge in [-0.25, -0.2) is 9.97 Å². The fourth-order valence-corrected chi connectivity index (χ4v) is 1.63. The third-order valence-electron chi connectivity index (χ3n) is 3.13. The number of hydrogen-bond donors (Lipinski definition) is 1. The lowest BCUT2D eigenvalue weighted by molar-refractivity contribution is 0.0184. The van der Waals surface area contributed by atoms with Crippen molar-refractivity contribution in [1.29, 1.82) is 0 Å². The van der Waals surface area contributed by atoms with Crippen LogP contribution in [0.25, 0.3) is 0 Å². The van der Waals surface area contributed by atoms with Gasteiger partial charge >= 0.3 is 0 Å². The van der Waals surface area contributed by atoms with Gasteiger partial charge in [0.2, 0.25) is 0 Å². The van der Waals surface area contributed by atoms with Crippen molar-refractivity contribution in [1.82, 2.24) is 9.97 Å². The minimum absolute atomic E-state index is 0.104. The molecule has 0 aliphatic heterocycles. The molecular weight excluding hydrogens is 226 g/mol. The Morgan fingerprint density at radius 2 is 2.06 bits per heavy atom. The van der Waals surface area contributed by atoms with E-state index in [1.54, 1.807) is 7.11 Å². The highest BCUT2D eigenvalue weighted by atomic mass is 16.5. The molecule has 1 heterocycles. The summed E-state index contributed by atoms with van der Waals surface area (Å²) in [7, 11) is 1.74. The molecule has 4 nitrogen and oxygen atoms in total. The molecule has 0 atom stereocenters. The standard InChI is InChI=1S/C14H25N3O/c1-10(2)12-9-16-11(3)17-13(12)15-8-7-14(4,5)18-6/h9-10H,7-8H2,1-6H3,(H,15,16,17). The summed E-state index contributed by atoms with van der Waals surface area (Å²) >= 11 is 0. The van der Waals surface area contributed by atoms with Gasteiger partial charge in [-0.1, -0.05) is 13.8 Å². The summed E-state index contributed by atoms with van der Waals surface area (Å²) in [5.74, 6) is 2.17. The maximum Gasteiger partial charge on any atom is 0.133 e. The molecule has 1 N–H and O–H groups in total. The van der Waals surface area contributed by atoms with Crippen molar-refractivity contribution in [3.63, 3.8) is 0 Å². The highest BCUT2D eigenvalue weighted by molar-refractivity contribution is 5.44. The molecular formula is C14H25N3O. The van der Waals surface area contributed by atoms with Gasteiger partial charge < -0.3 is 10.1 Å². The van der Waals surface area contributed by atoms with Gasteiger partial charge in [0.05, 0.1) is 5.60 Å². The molecule has 0 fully saturated rings. The summed E-state index contributed by atoms with van der Waals surface area (Å²) in [4.78, 5) is 8.73. The smallest absolute Gasteiger partial charge is 0.133 e. The number of methoxy groups -OCH3 is 1. The van der Waals surface area contributed by atoms with Crippen molar-refractivity contribution in [3.05, 3.63) is 17.6 Å². The van der Waals surface area contributed by atoms with Gasteiger partial charge in [0.15, 0.2) is 0 Å². The summed E-state index contributed by atoms with van der Waals surface area (Å²) < 4.78 is 5.40. The van der Waals surface area contributed by atoms with Crippen molar-refractivity contribution in [3.8, 4) is 0 Å². The van der Waals surface area contributed by atoms with E-state index in [9.17, 15) is 0 Å². The molecule has 0 amide bonds. The summed E-state index contributed by atoms with van der Waals surface area (Å²) in [6.07, 6.45) is 2.85. The third kappa shape index (κ3) is 4.26. The second-order valence-electron chi connectivity index (χ2n) is 5.52. The first kappa shape index (κ1) is 14.9. The highest BCUT2D eigenvalue weighted by Crippen LogP contribution is 2.22. The van der Waals surface area contributed by atoms with Crippen LogP contribution in [-0.4, -0.2) is 29.2 Å². The maximum absolute atomic E-state index is 5.40. The van der Waals surface area contributed by atoms with Gasteiger partial charge in [0.1, 0.15) is 11.6 Å². The van der Waals surface area contributed by atoms with Gasteiger partial charge in [-0.2, -0.15) is 0 Å². The Balaban J connectivity index is 2.69. The van der Waals surface area contributed by atoms with Crippen molar-refractivity contribution in [2.45, 2.75) is 52.6 Å². The topological polar surface area (TPSA) is 47.0 Å². The number of nitrogens with zero attached hydrogens (tertiary/aromatic N) is 2. The first-order valence-electron chi connectivity index (χ1n) is 6.48. The average molecular weight is 251 g/mol. The number of rotatable bonds is 6. The summed E-state index contributed by atoms with van der Waals surface area (Å²) in [5.41, 5.74) is 1.06. The van der Waals surface area contributed by atoms with E-state index in [4.69, 9.17) is 4.74 Å². The molecule has 0 bridgehead atoms. The molecule has 0 saturated heterocycles. The Bertz CT molecular complexity index is 389. The summed E-state index contributed by atoms with van der Waals surface area (Å²) in [6, 6.07) is 0. The number of aromatic nitrogens is 2. The minimum Gasteiger partial charge on any atom is -0.379 e. The number of nitrogens with one attached hydrogen (secondary N) is 1. The zero-order valence-corrected chi connectivity index (χ0v) is 12.4. The lowest BCUT2D eigenvalue weighted by Gasteiger charge is -2.23. The molecule has 0 radical (unpaired) electrons. The molecule has 0 saturated carbocycles. The van der Waals surface area contributed by atoms with Crippen LogP contribution in [0.5, 0.6) is 0 Å². The fraction of sp³-hybridized carbons (Fsp3) is 0.714. The summed E-state index contributed by atoms with van der Waals surface area (Å²) in [5, 5.41) is 3.39. The zero-order valence-electron chi connectivity index (χ0n) is 12.4. The molecule has 0 aliphatic carbocycles. The van der Waals surface area contributed by atoms with E-state index < -0.39 is 0 Å². The quantitative estimate of drug-likeness (QED) is 0.843. The Hall–Kier alpha value is -1.16. The van der Waals surface area contributed by atoms with E-state index in [1.807, 2.05) is 13.1 Å². The van der Waals surface area contributed by atoms with Gasteiger partial charge in [0.25, 0.3) is 0 Å². The molecule has 0 aliphatic rings. The van der Waals surface area contributed by atoms with Crippen LogP contribution in [0.3, 0.4) is 0 Å². The Kier molecular flexibility index (Phi) is 5.08. The summed E-state index contributed by atoms with van der Waals surface area (Å²) in [6.45, 7) is 11.2. The molecule has 0 aromatic carbocycles. The predicted octanol–water partition coefficient (Wildman–Crippen LogP) is 3.14. The van der Waals surface area contributed by atoms with E-state index in [2.05, 4.69) is 43.0 Å². The number of anilines is 1. The number of aryl methyl sites for hydroxylation is 1. The Labute approximate surface area is 110 Å². The molecule has 1 aromatic heterocycles.